The van der Waals surface area contributed by atoms with Crippen LogP contribution < -0.4 is 16.0 Å². The van der Waals surface area contributed by atoms with E-state index in [4.69, 9.17) is 5.73 Å². The van der Waals surface area contributed by atoms with Crippen LogP contribution in [0.15, 0.2) is 73.9 Å². The molecule has 0 radical (unpaired) electrons. The number of aromatic nitrogens is 2. The minimum absolute atomic E-state index is 0.0859. The molecular formula is C27H22BrFN6O2S2. The summed E-state index contributed by atoms with van der Waals surface area (Å²) in [5, 5.41) is 21.8. The van der Waals surface area contributed by atoms with E-state index >= 15 is 0 Å². The summed E-state index contributed by atoms with van der Waals surface area (Å²) in [6.45, 7) is 1.91. The summed E-state index contributed by atoms with van der Waals surface area (Å²) in [7, 11) is 0. The Morgan fingerprint density at radius 1 is 1.31 bits per heavy atom. The first-order chi connectivity index (χ1) is 18.8. The number of nitrogens with zero attached hydrogens (tertiary/aromatic N) is 4. The number of anilines is 2. The number of nitrogens with one attached hydrogen (secondary N) is 1. The number of benzene rings is 2. The molecule has 1 unspecified atom stereocenters. The first-order valence-electron chi connectivity index (χ1n) is 12.0. The molecule has 1 aliphatic heterocycles. The quantitative estimate of drug-likeness (QED) is 0.330. The molecule has 2 aromatic carbocycles. The lowest BCUT2D eigenvalue weighted by atomic mass is 9.75. The van der Waals surface area contributed by atoms with Gasteiger partial charge in [0.1, 0.15) is 11.6 Å². The van der Waals surface area contributed by atoms with Crippen LogP contribution in [0.5, 0.6) is 0 Å². The van der Waals surface area contributed by atoms with Crippen LogP contribution in [0.4, 0.5) is 15.2 Å². The summed E-state index contributed by atoms with van der Waals surface area (Å²) >= 11 is 5.84. The van der Waals surface area contributed by atoms with Gasteiger partial charge in [0.2, 0.25) is 11.0 Å². The number of nitrogens with two attached hydrogens (primary N) is 1. The molecule has 0 saturated carbocycles. The summed E-state index contributed by atoms with van der Waals surface area (Å²) in [4.78, 5) is 27.3. The smallest absolute Gasteiger partial charge is 0.234 e. The number of halogens is 2. The third kappa shape index (κ3) is 5.34. The van der Waals surface area contributed by atoms with Gasteiger partial charge in [-0.15, -0.1) is 10.2 Å². The Labute approximate surface area is 240 Å². The lowest BCUT2D eigenvalue weighted by molar-refractivity contribution is -0.116. The predicted molar refractivity (Wildman–Crippen MR) is 152 cm³/mol. The Morgan fingerprint density at radius 3 is 2.85 bits per heavy atom. The minimum atomic E-state index is -0.886. The van der Waals surface area contributed by atoms with Crippen molar-refractivity contribution in [2.45, 2.75) is 36.4 Å². The molecular weight excluding hydrogens is 603 g/mol. The fourth-order valence-corrected chi connectivity index (χ4v) is 6.91. The fourth-order valence-electron chi connectivity index (χ4n) is 4.76. The van der Waals surface area contributed by atoms with E-state index < -0.39 is 11.7 Å². The van der Waals surface area contributed by atoms with Gasteiger partial charge in [0.15, 0.2) is 10.1 Å². The van der Waals surface area contributed by atoms with Gasteiger partial charge in [-0.3, -0.25) is 14.5 Å². The molecule has 12 heteroatoms. The van der Waals surface area contributed by atoms with Crippen LogP contribution >= 0.6 is 39.0 Å². The molecule has 3 aromatic rings. The Kier molecular flexibility index (Phi) is 7.83. The van der Waals surface area contributed by atoms with Crippen LogP contribution in [-0.4, -0.2) is 27.6 Å². The van der Waals surface area contributed by atoms with E-state index in [0.29, 0.717) is 40.0 Å². The molecule has 39 heavy (non-hydrogen) atoms. The van der Waals surface area contributed by atoms with Gasteiger partial charge in [-0.2, -0.15) is 5.26 Å². The highest BCUT2D eigenvalue weighted by Gasteiger charge is 2.42. The van der Waals surface area contributed by atoms with E-state index in [2.05, 4.69) is 37.5 Å². The molecule has 0 saturated heterocycles. The SMILES string of the molecule is Cc1cc(Br)ccc1NC(=O)CSc1nnc(N2C(N)=C(C#N)C(c3ccccc3F)C3=C2CCCC3=O)s1. The standard InChI is InChI=1S/C27H22BrFN6O2S2/c1-14-11-15(28)9-10-19(14)32-22(37)13-38-27-34-33-26(39-27)35-20-7-4-8-21(36)24(20)23(17(12-30)25(35)31)16-5-2-3-6-18(16)29/h2-3,5-6,9-11,23H,4,7-8,13,31H2,1H3,(H,32,37). The predicted octanol–water partition coefficient (Wildman–Crippen LogP) is 5.78. The maximum Gasteiger partial charge on any atom is 0.234 e. The summed E-state index contributed by atoms with van der Waals surface area (Å²) in [6, 6.07) is 13.8. The van der Waals surface area contributed by atoms with E-state index in [1.807, 2.05) is 25.1 Å². The zero-order chi connectivity index (χ0) is 27.7. The van der Waals surface area contributed by atoms with Gasteiger partial charge in [-0.25, -0.2) is 4.39 Å². The number of nitriles is 1. The maximum atomic E-state index is 14.9. The van der Waals surface area contributed by atoms with Crippen molar-refractivity contribution in [3.8, 4) is 6.07 Å². The summed E-state index contributed by atoms with van der Waals surface area (Å²) in [5.41, 5.74) is 9.47. The number of allylic oxidation sites excluding steroid dienone is 3. The molecule has 1 atom stereocenters. The number of rotatable bonds is 6. The van der Waals surface area contributed by atoms with Gasteiger partial charge in [0.25, 0.3) is 0 Å². The molecule has 0 fully saturated rings. The fraction of sp³-hybridized carbons (Fsp3) is 0.222. The van der Waals surface area contributed by atoms with E-state index in [-0.39, 0.29) is 34.4 Å². The molecule has 5 rings (SSSR count). The number of thioether (sulfide) groups is 1. The van der Waals surface area contributed by atoms with Gasteiger partial charge in [0, 0.05) is 33.4 Å². The number of aryl methyl sites for hydroxylation is 1. The molecule has 0 spiro atoms. The molecule has 1 aromatic heterocycles. The highest BCUT2D eigenvalue weighted by Crippen LogP contribution is 2.47. The van der Waals surface area contributed by atoms with E-state index in [9.17, 15) is 19.2 Å². The van der Waals surface area contributed by atoms with Crippen molar-refractivity contribution in [1.29, 1.82) is 5.26 Å². The molecule has 1 amide bonds. The lowest BCUT2D eigenvalue weighted by Crippen LogP contribution is -2.38. The zero-order valence-corrected chi connectivity index (χ0v) is 23.9. The third-order valence-electron chi connectivity index (χ3n) is 6.51. The molecule has 3 N–H and O–H groups in total. The summed E-state index contributed by atoms with van der Waals surface area (Å²) in [6.07, 6.45) is 1.42. The molecule has 8 nitrogen and oxygen atoms in total. The van der Waals surface area contributed by atoms with Crippen molar-refractivity contribution >= 4 is 61.5 Å². The van der Waals surface area contributed by atoms with Crippen molar-refractivity contribution in [3.05, 3.63) is 86.5 Å². The second kappa shape index (κ2) is 11.3. The average Bonchev–Trinajstić information content (AvgIpc) is 3.37. The summed E-state index contributed by atoms with van der Waals surface area (Å²) < 4.78 is 16.3. The van der Waals surface area contributed by atoms with Crippen LogP contribution in [0.2, 0.25) is 0 Å². The van der Waals surface area contributed by atoms with Crippen LogP contribution in [0, 0.1) is 24.1 Å². The molecule has 2 aliphatic rings. The number of ketones is 1. The second-order valence-corrected chi connectivity index (χ2v) is 12.1. The molecule has 0 bridgehead atoms. The highest BCUT2D eigenvalue weighted by molar-refractivity contribution is 9.10. The molecule has 2 heterocycles. The average molecular weight is 626 g/mol. The molecule has 1 aliphatic carbocycles. The summed E-state index contributed by atoms with van der Waals surface area (Å²) in [5.74, 6) is -1.53. The first kappa shape index (κ1) is 27.1. The number of Topliss-reactive ketones (excluding diaryl/α,β-unsaturated/α-hetero) is 1. The normalized spacial score (nSPS) is 17.2. The topological polar surface area (TPSA) is 125 Å². The zero-order valence-electron chi connectivity index (χ0n) is 20.7. The minimum Gasteiger partial charge on any atom is -0.384 e. The maximum absolute atomic E-state index is 14.9. The Balaban J connectivity index is 1.42. The van der Waals surface area contributed by atoms with Crippen molar-refractivity contribution in [1.82, 2.24) is 10.2 Å². The van der Waals surface area contributed by atoms with E-state index in [0.717, 1.165) is 15.7 Å². The van der Waals surface area contributed by atoms with Crippen LogP contribution in [-0.2, 0) is 9.59 Å². The van der Waals surface area contributed by atoms with Gasteiger partial charge < -0.3 is 11.1 Å². The Hall–Kier alpha value is -3.53. The van der Waals surface area contributed by atoms with Crippen LogP contribution in [0.1, 0.15) is 36.3 Å². The largest absolute Gasteiger partial charge is 0.384 e. The van der Waals surface area contributed by atoms with Gasteiger partial charge >= 0.3 is 0 Å². The Bertz CT molecular complexity index is 1590. The van der Waals surface area contributed by atoms with Gasteiger partial charge in [-0.05, 0) is 49.6 Å². The monoisotopic (exact) mass is 624 g/mol. The Morgan fingerprint density at radius 2 is 2.10 bits per heavy atom. The second-order valence-electron chi connectivity index (χ2n) is 8.98. The van der Waals surface area contributed by atoms with Gasteiger partial charge in [0.05, 0.1) is 23.3 Å². The number of carbonyl (C=O) groups excluding carboxylic acids is 2. The first-order valence-corrected chi connectivity index (χ1v) is 14.6. The van der Waals surface area contributed by atoms with Crippen molar-refractivity contribution in [2.75, 3.05) is 16.0 Å². The van der Waals surface area contributed by atoms with Crippen LogP contribution in [0.25, 0.3) is 0 Å². The van der Waals surface area contributed by atoms with E-state index in [1.54, 1.807) is 23.1 Å². The number of carbonyl (C=O) groups is 2. The number of hydrogen-bond donors (Lipinski definition) is 2. The van der Waals surface area contributed by atoms with Gasteiger partial charge in [-0.1, -0.05) is 57.2 Å². The third-order valence-corrected chi connectivity index (χ3v) is 9.04. The highest BCUT2D eigenvalue weighted by atomic mass is 79.9. The van der Waals surface area contributed by atoms with Crippen LogP contribution in [0.3, 0.4) is 0 Å². The number of hydrogen-bond acceptors (Lipinski definition) is 9. The van der Waals surface area contributed by atoms with Crippen molar-refractivity contribution in [3.63, 3.8) is 0 Å². The van der Waals surface area contributed by atoms with Crippen molar-refractivity contribution < 1.29 is 14.0 Å². The van der Waals surface area contributed by atoms with E-state index in [1.165, 1.54) is 29.2 Å². The molecule has 198 valence electrons. The van der Waals surface area contributed by atoms with Crippen molar-refractivity contribution in [2.24, 2.45) is 5.73 Å². The number of amides is 1. The lowest BCUT2D eigenvalue weighted by Gasteiger charge is -2.38.